The first-order valence-electron chi connectivity index (χ1n) is 5.27. The Bertz CT molecular complexity index is 421. The fraction of sp³-hybridized carbons (Fsp3) is 0.667. The van der Waals surface area contributed by atoms with Crippen LogP contribution in [0.3, 0.4) is 0 Å². The number of carbonyl (C=O) groups excluding carboxylic acids is 1. The quantitative estimate of drug-likeness (QED) is 0.587. The van der Waals surface area contributed by atoms with Crippen molar-refractivity contribution in [3.8, 4) is 0 Å². The van der Waals surface area contributed by atoms with Crippen LogP contribution in [0.5, 0.6) is 0 Å². The van der Waals surface area contributed by atoms with Gasteiger partial charge >= 0.3 is 0 Å². The number of nitrogens with two attached hydrogens (primary N) is 1. The summed E-state index contributed by atoms with van der Waals surface area (Å²) in [5.74, 6) is -0.918. The van der Waals surface area contributed by atoms with Crippen LogP contribution in [0.25, 0.3) is 0 Å². The third-order valence-corrected chi connectivity index (χ3v) is 2.73. The summed E-state index contributed by atoms with van der Waals surface area (Å²) in [6.07, 6.45) is -1.61. The summed E-state index contributed by atoms with van der Waals surface area (Å²) < 4.78 is 6.61. The second kappa shape index (κ2) is 4.40. The van der Waals surface area contributed by atoms with Gasteiger partial charge in [0.1, 0.15) is 18.5 Å². The molecule has 3 unspecified atom stereocenters. The highest BCUT2D eigenvalue weighted by atomic mass is 16.6. The maximum atomic E-state index is 10.8. The number of carbonyl (C=O) groups is 1. The van der Waals surface area contributed by atoms with E-state index in [-0.39, 0.29) is 5.82 Å². The molecule has 2 rings (SSSR count). The average Bonchev–Trinajstić information content (AvgIpc) is 2.87. The van der Waals surface area contributed by atoms with Crippen LogP contribution in [0.15, 0.2) is 6.33 Å². The van der Waals surface area contributed by atoms with Crippen molar-refractivity contribution in [1.29, 1.82) is 0 Å². The van der Waals surface area contributed by atoms with E-state index in [4.69, 9.17) is 10.5 Å². The maximum Gasteiger partial charge on any atom is 0.288 e. The molecule has 1 saturated heterocycles. The summed E-state index contributed by atoms with van der Waals surface area (Å²) >= 11 is 0. The van der Waals surface area contributed by atoms with E-state index in [1.165, 1.54) is 11.0 Å². The van der Waals surface area contributed by atoms with Crippen molar-refractivity contribution in [3.05, 3.63) is 12.2 Å². The predicted octanol–water partition coefficient (Wildman–Crippen LogP) is -1.59. The fourth-order valence-electron chi connectivity index (χ4n) is 1.80. The largest absolute Gasteiger partial charge is 0.388 e. The van der Waals surface area contributed by atoms with E-state index < -0.39 is 30.4 Å². The van der Waals surface area contributed by atoms with E-state index in [9.17, 15) is 15.0 Å². The second-order valence-electron chi connectivity index (χ2n) is 3.87. The number of aromatic nitrogens is 3. The third-order valence-electron chi connectivity index (χ3n) is 2.73. The predicted molar refractivity (Wildman–Crippen MR) is 54.8 cm³/mol. The molecule has 1 aromatic rings. The molecule has 8 nitrogen and oxygen atoms in total. The molecule has 1 aromatic heterocycles. The topological polar surface area (TPSA) is 123 Å². The standard InChI is InChI=1S/C9H14N4O4/c1-2-4-5(14)6(15)9(17-4)13-3-11-8(12-13)7(10)16/h3-6,9,14-15H,2H2,1H3,(H2,10,16)/t4-,5?,6?,9?/m1/s1. The van der Waals surface area contributed by atoms with Crippen molar-refractivity contribution in [3.63, 3.8) is 0 Å². The number of aliphatic hydroxyl groups excluding tert-OH is 2. The third kappa shape index (κ3) is 2.02. The molecule has 4 atom stereocenters. The van der Waals surface area contributed by atoms with Gasteiger partial charge in [-0.25, -0.2) is 9.67 Å². The zero-order chi connectivity index (χ0) is 12.6. The summed E-state index contributed by atoms with van der Waals surface area (Å²) in [6, 6.07) is 0. The maximum absolute atomic E-state index is 10.8. The van der Waals surface area contributed by atoms with Gasteiger partial charge in [0.2, 0.25) is 5.82 Å². The molecule has 1 fully saturated rings. The minimum atomic E-state index is -1.11. The zero-order valence-electron chi connectivity index (χ0n) is 9.22. The summed E-state index contributed by atoms with van der Waals surface area (Å²) in [7, 11) is 0. The van der Waals surface area contributed by atoms with E-state index in [1.54, 1.807) is 0 Å². The molecular weight excluding hydrogens is 228 g/mol. The normalized spacial score (nSPS) is 32.9. The number of aliphatic hydroxyl groups is 2. The molecule has 8 heteroatoms. The second-order valence-corrected chi connectivity index (χ2v) is 3.87. The van der Waals surface area contributed by atoms with Crippen molar-refractivity contribution >= 4 is 5.91 Å². The lowest BCUT2D eigenvalue weighted by atomic mass is 10.1. The smallest absolute Gasteiger partial charge is 0.288 e. The molecule has 1 aliphatic rings. The van der Waals surface area contributed by atoms with Crippen molar-refractivity contribution in [2.24, 2.45) is 5.73 Å². The Kier molecular flexibility index (Phi) is 3.09. The van der Waals surface area contributed by atoms with E-state index in [0.29, 0.717) is 6.42 Å². The lowest BCUT2D eigenvalue weighted by molar-refractivity contribution is -0.0451. The van der Waals surface area contributed by atoms with E-state index in [1.807, 2.05) is 6.92 Å². The first-order valence-corrected chi connectivity index (χ1v) is 5.27. The van der Waals surface area contributed by atoms with Crippen molar-refractivity contribution in [2.75, 3.05) is 0 Å². The number of nitrogens with zero attached hydrogens (tertiary/aromatic N) is 3. The van der Waals surface area contributed by atoms with Gasteiger partial charge in [0.25, 0.3) is 5.91 Å². The van der Waals surface area contributed by atoms with Crippen molar-refractivity contribution in [1.82, 2.24) is 14.8 Å². The summed E-state index contributed by atoms with van der Waals surface area (Å²) in [5.41, 5.74) is 5.01. The minimum Gasteiger partial charge on any atom is -0.388 e. The number of amides is 1. The molecule has 0 radical (unpaired) electrons. The fourth-order valence-corrected chi connectivity index (χ4v) is 1.80. The molecule has 1 amide bonds. The Morgan fingerprint density at radius 2 is 2.29 bits per heavy atom. The number of rotatable bonds is 3. The zero-order valence-corrected chi connectivity index (χ0v) is 9.22. The molecule has 0 aliphatic carbocycles. The molecule has 2 heterocycles. The van der Waals surface area contributed by atoms with Crippen LogP contribution in [0.4, 0.5) is 0 Å². The Labute approximate surface area is 97.0 Å². The molecule has 0 spiro atoms. The van der Waals surface area contributed by atoms with Gasteiger partial charge < -0.3 is 20.7 Å². The van der Waals surface area contributed by atoms with Crippen molar-refractivity contribution in [2.45, 2.75) is 37.9 Å². The van der Waals surface area contributed by atoms with Crippen LogP contribution in [-0.4, -0.2) is 49.2 Å². The van der Waals surface area contributed by atoms with Crippen molar-refractivity contribution < 1.29 is 19.7 Å². The molecule has 17 heavy (non-hydrogen) atoms. The lowest BCUT2D eigenvalue weighted by Crippen LogP contribution is -2.31. The summed E-state index contributed by atoms with van der Waals surface area (Å²) in [4.78, 5) is 14.5. The average molecular weight is 242 g/mol. The van der Waals surface area contributed by atoms with Gasteiger partial charge in [0.15, 0.2) is 6.23 Å². The first-order chi connectivity index (χ1) is 8.04. The summed E-state index contributed by atoms with van der Waals surface area (Å²) in [5, 5.41) is 23.2. The van der Waals surface area contributed by atoms with Crippen LogP contribution in [0, 0.1) is 0 Å². The number of hydrogen-bond acceptors (Lipinski definition) is 6. The molecule has 0 saturated carbocycles. The van der Waals surface area contributed by atoms with Gasteiger partial charge in [-0.1, -0.05) is 6.92 Å². The first kappa shape index (κ1) is 12.0. The van der Waals surface area contributed by atoms with Crippen LogP contribution in [-0.2, 0) is 4.74 Å². The van der Waals surface area contributed by atoms with Gasteiger partial charge in [-0.2, -0.15) is 0 Å². The molecule has 94 valence electrons. The van der Waals surface area contributed by atoms with Gasteiger partial charge in [-0.15, -0.1) is 5.10 Å². The van der Waals surface area contributed by atoms with Gasteiger partial charge in [-0.05, 0) is 6.42 Å². The number of hydrogen-bond donors (Lipinski definition) is 3. The highest BCUT2D eigenvalue weighted by Crippen LogP contribution is 2.29. The number of ether oxygens (including phenoxy) is 1. The highest BCUT2D eigenvalue weighted by Gasteiger charge is 2.43. The monoisotopic (exact) mass is 242 g/mol. The molecule has 1 aliphatic heterocycles. The SMILES string of the molecule is CC[C@H]1OC(n2cnc(C(N)=O)n2)C(O)C1O. The van der Waals surface area contributed by atoms with Crippen LogP contribution in [0.2, 0.25) is 0 Å². The van der Waals surface area contributed by atoms with E-state index >= 15 is 0 Å². The highest BCUT2D eigenvalue weighted by molar-refractivity contribution is 5.88. The lowest BCUT2D eigenvalue weighted by Gasteiger charge is -2.13. The van der Waals surface area contributed by atoms with Gasteiger partial charge in [0, 0.05) is 0 Å². The molecule has 0 aromatic carbocycles. The Balaban J connectivity index is 2.19. The number of primary amides is 1. The molecule has 4 N–H and O–H groups in total. The Morgan fingerprint density at radius 3 is 2.76 bits per heavy atom. The van der Waals surface area contributed by atoms with Gasteiger partial charge in [0.05, 0.1) is 6.10 Å². The van der Waals surface area contributed by atoms with Crippen LogP contribution < -0.4 is 5.73 Å². The van der Waals surface area contributed by atoms with Gasteiger partial charge in [-0.3, -0.25) is 4.79 Å². The van der Waals surface area contributed by atoms with Crippen LogP contribution in [0.1, 0.15) is 30.2 Å². The minimum absolute atomic E-state index is 0.157. The molecule has 0 bridgehead atoms. The Morgan fingerprint density at radius 1 is 1.59 bits per heavy atom. The Hall–Kier alpha value is -1.51. The summed E-state index contributed by atoms with van der Waals surface area (Å²) in [6.45, 7) is 1.83. The van der Waals surface area contributed by atoms with E-state index in [0.717, 1.165) is 0 Å². The molecular formula is C9H14N4O4. The van der Waals surface area contributed by atoms with Crippen LogP contribution >= 0.6 is 0 Å². The van der Waals surface area contributed by atoms with E-state index in [2.05, 4.69) is 10.1 Å².